The molecule has 0 heteroatoms. The van der Waals surface area contributed by atoms with E-state index in [2.05, 4.69) is 250 Å². The van der Waals surface area contributed by atoms with Crippen LogP contribution in [0.4, 0.5) is 0 Å². The summed E-state index contributed by atoms with van der Waals surface area (Å²) >= 11 is 0. The van der Waals surface area contributed by atoms with Gasteiger partial charge >= 0.3 is 0 Å². The van der Waals surface area contributed by atoms with E-state index in [0.29, 0.717) is 0 Å². The Balaban J connectivity index is 0.936. The van der Waals surface area contributed by atoms with Crippen LogP contribution in [0, 0.1) is 0 Å². The zero-order chi connectivity index (χ0) is 43.3. The largest absolute Gasteiger partial charge is 0.0731 e. The van der Waals surface area contributed by atoms with Crippen molar-refractivity contribution in [2.24, 2.45) is 0 Å². The smallest absolute Gasteiger partial charge is 0.0622 e. The standard InChI is InChI=1S/C65H46/c1-64(2)60-40-48(50-23-15-24-56-53-22-11-14-27-59(53)65(63(50)56)57-25-12-9-20-51(57)52-21-10-13-26-58(52)65)36-38-54(60)55-39-37-49(41-61(55)64)62(46-32-28-44(29-33-46)42-16-5-3-6-17-42)47-34-30-45(31-35-47)43-18-7-4-8-19-43/h3-41,62H,1-2H3. The second kappa shape index (κ2) is 14.4. The summed E-state index contributed by atoms with van der Waals surface area (Å²) in [6.45, 7) is 4.86. The van der Waals surface area contributed by atoms with Crippen LogP contribution in [-0.4, -0.2) is 0 Å². The van der Waals surface area contributed by atoms with Gasteiger partial charge < -0.3 is 0 Å². The number of hydrogen-bond acceptors (Lipinski definition) is 0. The molecule has 10 aromatic carbocycles. The Kier molecular flexibility index (Phi) is 8.34. The molecule has 65 heavy (non-hydrogen) atoms. The third-order valence-corrected chi connectivity index (χ3v) is 15.1. The Morgan fingerprint density at radius 2 is 0.631 bits per heavy atom. The van der Waals surface area contributed by atoms with Crippen molar-refractivity contribution in [2.45, 2.75) is 30.6 Å². The molecule has 0 radical (unpaired) electrons. The van der Waals surface area contributed by atoms with Gasteiger partial charge in [-0.1, -0.05) is 244 Å². The van der Waals surface area contributed by atoms with E-state index < -0.39 is 5.41 Å². The Morgan fingerprint density at radius 1 is 0.262 bits per heavy atom. The summed E-state index contributed by atoms with van der Waals surface area (Å²) in [5.74, 6) is 0.0620. The molecule has 0 saturated heterocycles. The molecule has 0 saturated carbocycles. The van der Waals surface area contributed by atoms with Crippen LogP contribution in [0.15, 0.2) is 237 Å². The molecule has 13 rings (SSSR count). The molecule has 0 heterocycles. The maximum Gasteiger partial charge on any atom is 0.0731 e. The van der Waals surface area contributed by atoms with Gasteiger partial charge in [0.25, 0.3) is 0 Å². The molecule has 1 spiro atoms. The lowest BCUT2D eigenvalue weighted by atomic mass is 9.68. The maximum atomic E-state index is 2.52. The van der Waals surface area contributed by atoms with Gasteiger partial charge in [-0.2, -0.15) is 0 Å². The summed E-state index contributed by atoms with van der Waals surface area (Å²) < 4.78 is 0. The molecular formula is C65H46. The molecule has 0 unspecified atom stereocenters. The van der Waals surface area contributed by atoms with Crippen LogP contribution in [0.5, 0.6) is 0 Å². The summed E-state index contributed by atoms with van der Waals surface area (Å²) in [4.78, 5) is 0. The van der Waals surface area contributed by atoms with Crippen molar-refractivity contribution in [1.82, 2.24) is 0 Å². The zero-order valence-corrected chi connectivity index (χ0v) is 36.6. The van der Waals surface area contributed by atoms with Gasteiger partial charge in [-0.05, 0) is 123 Å². The molecule has 0 fully saturated rings. The molecule has 0 aliphatic heterocycles. The van der Waals surface area contributed by atoms with Crippen LogP contribution in [0.1, 0.15) is 69.8 Å². The average Bonchev–Trinajstić information content (AvgIpc) is 3.93. The van der Waals surface area contributed by atoms with E-state index >= 15 is 0 Å². The van der Waals surface area contributed by atoms with E-state index in [1.807, 2.05) is 0 Å². The molecule has 0 bridgehead atoms. The first-order valence-corrected chi connectivity index (χ1v) is 23.0. The first-order valence-electron chi connectivity index (χ1n) is 23.0. The maximum absolute atomic E-state index is 2.52. The fourth-order valence-corrected chi connectivity index (χ4v) is 12.1. The molecule has 306 valence electrons. The monoisotopic (exact) mass is 826 g/mol. The van der Waals surface area contributed by atoms with Crippen molar-refractivity contribution in [3.05, 3.63) is 287 Å². The van der Waals surface area contributed by atoms with Gasteiger partial charge in [-0.3, -0.25) is 0 Å². The van der Waals surface area contributed by atoms with Crippen LogP contribution in [0.25, 0.3) is 66.8 Å². The molecule has 3 aliphatic carbocycles. The SMILES string of the molecule is CC1(C)c2cc(-c3cccc4c3C3(c5ccccc5-c5ccccc53)c3ccccc3-4)ccc2-c2ccc(C(c3ccc(-c4ccccc4)cc3)c3ccc(-c4ccccc4)cc3)cc21. The lowest BCUT2D eigenvalue weighted by Crippen LogP contribution is -2.26. The van der Waals surface area contributed by atoms with Gasteiger partial charge in [0.2, 0.25) is 0 Å². The molecular weight excluding hydrogens is 781 g/mol. The summed E-state index contributed by atoms with van der Waals surface area (Å²) in [7, 11) is 0. The Hall–Kier alpha value is -7.80. The van der Waals surface area contributed by atoms with E-state index in [1.165, 1.54) is 117 Å². The molecule has 0 atom stereocenters. The van der Waals surface area contributed by atoms with Crippen molar-refractivity contribution in [1.29, 1.82) is 0 Å². The molecule has 10 aromatic rings. The summed E-state index contributed by atoms with van der Waals surface area (Å²) in [5, 5.41) is 0. The minimum absolute atomic E-state index is 0.0620. The predicted octanol–water partition coefficient (Wildman–Crippen LogP) is 16.5. The lowest BCUT2D eigenvalue weighted by molar-refractivity contribution is 0.659. The highest BCUT2D eigenvalue weighted by atomic mass is 14.5. The highest BCUT2D eigenvalue weighted by Gasteiger charge is 2.52. The van der Waals surface area contributed by atoms with Gasteiger partial charge in [0.15, 0.2) is 0 Å². The fraction of sp³-hybridized carbons (Fsp3) is 0.0769. The van der Waals surface area contributed by atoms with Gasteiger partial charge in [0.05, 0.1) is 5.41 Å². The summed E-state index contributed by atoms with van der Waals surface area (Å²) in [6.07, 6.45) is 0. The fourth-order valence-electron chi connectivity index (χ4n) is 12.1. The highest BCUT2D eigenvalue weighted by molar-refractivity contribution is 5.99. The Morgan fingerprint density at radius 3 is 1.17 bits per heavy atom. The Bertz CT molecular complexity index is 3330. The minimum Gasteiger partial charge on any atom is -0.0622 e. The summed E-state index contributed by atoms with van der Waals surface area (Å²) in [6, 6.07) is 88.9. The number of hydrogen-bond donors (Lipinski definition) is 0. The minimum atomic E-state index is -0.407. The van der Waals surface area contributed by atoms with Crippen molar-refractivity contribution in [2.75, 3.05) is 0 Å². The van der Waals surface area contributed by atoms with Crippen molar-refractivity contribution in [3.63, 3.8) is 0 Å². The van der Waals surface area contributed by atoms with Gasteiger partial charge in [0.1, 0.15) is 0 Å². The summed E-state index contributed by atoms with van der Waals surface area (Å²) in [5.41, 5.74) is 27.0. The van der Waals surface area contributed by atoms with E-state index in [0.717, 1.165) is 0 Å². The van der Waals surface area contributed by atoms with E-state index in [9.17, 15) is 0 Å². The number of benzene rings is 10. The zero-order valence-electron chi connectivity index (χ0n) is 36.6. The quantitative estimate of drug-likeness (QED) is 0.147. The first kappa shape index (κ1) is 37.7. The average molecular weight is 827 g/mol. The lowest BCUT2D eigenvalue weighted by Gasteiger charge is -2.32. The van der Waals surface area contributed by atoms with Crippen LogP contribution in [0.2, 0.25) is 0 Å². The first-order chi connectivity index (χ1) is 32.0. The molecule has 0 aromatic heterocycles. The van der Waals surface area contributed by atoms with Crippen LogP contribution < -0.4 is 0 Å². The molecule has 0 nitrogen and oxygen atoms in total. The molecule has 0 N–H and O–H groups in total. The van der Waals surface area contributed by atoms with Crippen molar-refractivity contribution < 1.29 is 0 Å². The predicted molar refractivity (Wildman–Crippen MR) is 270 cm³/mol. The third kappa shape index (κ3) is 5.50. The van der Waals surface area contributed by atoms with E-state index in [1.54, 1.807) is 0 Å². The molecule has 0 amide bonds. The topological polar surface area (TPSA) is 0 Å². The van der Waals surface area contributed by atoms with Gasteiger partial charge in [0, 0.05) is 11.3 Å². The van der Waals surface area contributed by atoms with Crippen LogP contribution >= 0.6 is 0 Å². The third-order valence-electron chi connectivity index (χ3n) is 15.1. The van der Waals surface area contributed by atoms with E-state index in [-0.39, 0.29) is 11.3 Å². The number of fused-ring (bicyclic) bond motifs is 13. The van der Waals surface area contributed by atoms with Crippen molar-refractivity contribution in [3.8, 4) is 66.8 Å². The highest BCUT2D eigenvalue weighted by Crippen LogP contribution is 2.64. The van der Waals surface area contributed by atoms with Gasteiger partial charge in [-0.15, -0.1) is 0 Å². The second-order valence-electron chi connectivity index (χ2n) is 18.7. The normalized spacial score (nSPS) is 14.1. The van der Waals surface area contributed by atoms with Crippen molar-refractivity contribution >= 4 is 0 Å². The Labute approximate surface area is 382 Å². The van der Waals surface area contributed by atoms with Crippen LogP contribution in [0.3, 0.4) is 0 Å². The van der Waals surface area contributed by atoms with E-state index in [4.69, 9.17) is 0 Å². The van der Waals surface area contributed by atoms with Crippen LogP contribution in [-0.2, 0) is 10.8 Å². The van der Waals surface area contributed by atoms with Gasteiger partial charge in [-0.25, -0.2) is 0 Å². The number of rotatable bonds is 6. The second-order valence-corrected chi connectivity index (χ2v) is 18.7. The molecule has 3 aliphatic rings.